The summed E-state index contributed by atoms with van der Waals surface area (Å²) in [6.07, 6.45) is 0.242. The normalized spacial score (nSPS) is 23.9. The summed E-state index contributed by atoms with van der Waals surface area (Å²) in [5, 5.41) is 10.1. The molecule has 3 unspecified atom stereocenters. The molecule has 0 spiro atoms. The number of benzene rings is 1. The highest BCUT2D eigenvalue weighted by atomic mass is 19.1. The highest BCUT2D eigenvalue weighted by molar-refractivity contribution is 5.27. The summed E-state index contributed by atoms with van der Waals surface area (Å²) in [7, 11) is 0. The zero-order chi connectivity index (χ0) is 12.7. The molecule has 3 atom stereocenters. The Morgan fingerprint density at radius 3 is 2.78 bits per heavy atom. The van der Waals surface area contributed by atoms with Crippen LogP contribution in [0, 0.1) is 11.7 Å². The first kappa shape index (κ1) is 11.5. The molecule has 3 heteroatoms. The zero-order valence-electron chi connectivity index (χ0n) is 10.1. The van der Waals surface area contributed by atoms with Crippen molar-refractivity contribution in [3.8, 4) is 0 Å². The number of furan rings is 1. The summed E-state index contributed by atoms with van der Waals surface area (Å²) in [6.45, 7) is 2.18. The lowest BCUT2D eigenvalue weighted by atomic mass is 10.1. The molecule has 1 aliphatic rings. The Hall–Kier alpha value is -1.61. The predicted octanol–water partition coefficient (Wildman–Crippen LogP) is 3.62. The maximum Gasteiger partial charge on any atom is 0.137 e. The van der Waals surface area contributed by atoms with E-state index >= 15 is 0 Å². The van der Waals surface area contributed by atoms with E-state index in [-0.39, 0.29) is 5.82 Å². The second-order valence-electron chi connectivity index (χ2n) is 5.02. The Morgan fingerprint density at radius 1 is 1.33 bits per heavy atom. The van der Waals surface area contributed by atoms with Crippen LogP contribution in [-0.4, -0.2) is 5.11 Å². The highest BCUT2D eigenvalue weighted by Gasteiger charge is 2.37. The van der Waals surface area contributed by atoms with E-state index in [0.29, 0.717) is 23.2 Å². The predicted molar refractivity (Wildman–Crippen MR) is 65.7 cm³/mol. The van der Waals surface area contributed by atoms with Gasteiger partial charge in [0, 0.05) is 5.92 Å². The molecule has 1 heterocycles. The van der Waals surface area contributed by atoms with E-state index in [9.17, 15) is 9.50 Å². The number of hydrogen-bond donors (Lipinski definition) is 1. The fourth-order valence-corrected chi connectivity index (χ4v) is 2.27. The Bertz CT molecular complexity index is 561. The lowest BCUT2D eigenvalue weighted by Gasteiger charge is -2.08. The molecule has 94 valence electrons. The van der Waals surface area contributed by atoms with Crippen LogP contribution in [0.3, 0.4) is 0 Å². The zero-order valence-corrected chi connectivity index (χ0v) is 10.1. The minimum absolute atomic E-state index is 0.353. The first-order valence-corrected chi connectivity index (χ1v) is 6.18. The van der Waals surface area contributed by atoms with E-state index in [1.165, 1.54) is 12.1 Å². The van der Waals surface area contributed by atoms with Crippen molar-refractivity contribution in [2.75, 3.05) is 0 Å². The van der Waals surface area contributed by atoms with Gasteiger partial charge < -0.3 is 9.52 Å². The molecular formula is C15H15FO2. The third-order valence-electron chi connectivity index (χ3n) is 3.56. The van der Waals surface area contributed by atoms with Crippen molar-refractivity contribution in [3.63, 3.8) is 0 Å². The Labute approximate surface area is 105 Å². The molecule has 1 aromatic carbocycles. The molecule has 1 fully saturated rings. The third-order valence-corrected chi connectivity index (χ3v) is 3.56. The molecule has 1 N–H and O–H groups in total. The number of aliphatic hydroxyl groups is 1. The molecule has 2 nitrogen and oxygen atoms in total. The molecule has 0 saturated heterocycles. The minimum atomic E-state index is -0.900. The van der Waals surface area contributed by atoms with Crippen molar-refractivity contribution in [1.29, 1.82) is 0 Å². The van der Waals surface area contributed by atoms with Crippen LogP contribution in [0.4, 0.5) is 4.39 Å². The standard InChI is InChI=1S/C15H15FO2/c1-9-7-12(9)13-5-6-14(18-13)15(17)10-3-2-4-11(16)8-10/h2-6,8-9,12,15,17H,7H2,1H3. The Morgan fingerprint density at radius 2 is 2.11 bits per heavy atom. The monoisotopic (exact) mass is 246 g/mol. The minimum Gasteiger partial charge on any atom is -0.463 e. The molecule has 2 aromatic rings. The number of halogens is 1. The van der Waals surface area contributed by atoms with Gasteiger partial charge in [-0.1, -0.05) is 19.1 Å². The van der Waals surface area contributed by atoms with Gasteiger partial charge in [0.1, 0.15) is 23.4 Å². The number of aliphatic hydroxyl groups excluding tert-OH is 1. The van der Waals surface area contributed by atoms with Crippen molar-refractivity contribution in [3.05, 3.63) is 59.3 Å². The number of hydrogen-bond acceptors (Lipinski definition) is 2. The smallest absolute Gasteiger partial charge is 0.137 e. The topological polar surface area (TPSA) is 33.4 Å². The van der Waals surface area contributed by atoms with Gasteiger partial charge in [0.15, 0.2) is 0 Å². The molecule has 0 bridgehead atoms. The third kappa shape index (κ3) is 2.06. The lowest BCUT2D eigenvalue weighted by Crippen LogP contribution is -1.98. The summed E-state index contributed by atoms with van der Waals surface area (Å²) in [4.78, 5) is 0. The second kappa shape index (κ2) is 4.25. The van der Waals surface area contributed by atoms with Crippen molar-refractivity contribution in [1.82, 2.24) is 0 Å². The van der Waals surface area contributed by atoms with Crippen molar-refractivity contribution < 1.29 is 13.9 Å². The fourth-order valence-electron chi connectivity index (χ4n) is 2.27. The van der Waals surface area contributed by atoms with Crippen LogP contribution < -0.4 is 0 Å². The van der Waals surface area contributed by atoms with E-state index in [1.807, 2.05) is 6.07 Å². The van der Waals surface area contributed by atoms with Crippen LogP contribution in [0.25, 0.3) is 0 Å². The van der Waals surface area contributed by atoms with Crippen LogP contribution in [-0.2, 0) is 0 Å². The molecule has 0 amide bonds. The van der Waals surface area contributed by atoms with Crippen LogP contribution in [0.1, 0.15) is 42.5 Å². The molecule has 1 aliphatic carbocycles. The maximum atomic E-state index is 13.1. The van der Waals surface area contributed by atoms with Crippen LogP contribution in [0.15, 0.2) is 40.8 Å². The van der Waals surface area contributed by atoms with E-state index in [4.69, 9.17) is 4.42 Å². The van der Waals surface area contributed by atoms with Gasteiger partial charge >= 0.3 is 0 Å². The molecule has 3 rings (SSSR count). The Balaban J connectivity index is 1.83. The molecule has 0 aliphatic heterocycles. The van der Waals surface area contributed by atoms with E-state index in [0.717, 1.165) is 12.2 Å². The fraction of sp³-hybridized carbons (Fsp3) is 0.333. The van der Waals surface area contributed by atoms with E-state index in [1.54, 1.807) is 18.2 Å². The summed E-state index contributed by atoms with van der Waals surface area (Å²) in [5.74, 6) is 2.20. The van der Waals surface area contributed by atoms with Gasteiger partial charge in [0.25, 0.3) is 0 Å². The molecule has 0 radical (unpaired) electrons. The molecule has 1 saturated carbocycles. The van der Waals surface area contributed by atoms with Gasteiger partial charge in [-0.05, 0) is 42.2 Å². The van der Waals surface area contributed by atoms with Gasteiger partial charge in [-0.3, -0.25) is 0 Å². The first-order valence-electron chi connectivity index (χ1n) is 6.18. The van der Waals surface area contributed by atoms with Crippen LogP contribution in [0.5, 0.6) is 0 Å². The largest absolute Gasteiger partial charge is 0.463 e. The van der Waals surface area contributed by atoms with Crippen molar-refractivity contribution in [2.24, 2.45) is 5.92 Å². The highest BCUT2D eigenvalue weighted by Crippen LogP contribution is 2.47. The quantitative estimate of drug-likeness (QED) is 0.897. The van der Waals surface area contributed by atoms with Crippen molar-refractivity contribution >= 4 is 0 Å². The van der Waals surface area contributed by atoms with E-state index < -0.39 is 6.10 Å². The van der Waals surface area contributed by atoms with Gasteiger partial charge in [0.2, 0.25) is 0 Å². The SMILES string of the molecule is CC1CC1c1ccc(C(O)c2cccc(F)c2)o1. The average Bonchev–Trinajstić information content (AvgIpc) is 2.91. The molecular weight excluding hydrogens is 231 g/mol. The summed E-state index contributed by atoms with van der Waals surface area (Å²) < 4.78 is 18.8. The van der Waals surface area contributed by atoms with Crippen LogP contribution >= 0.6 is 0 Å². The van der Waals surface area contributed by atoms with Gasteiger partial charge in [-0.2, -0.15) is 0 Å². The number of rotatable bonds is 3. The van der Waals surface area contributed by atoms with Gasteiger partial charge in [0.05, 0.1) is 0 Å². The summed E-state index contributed by atoms with van der Waals surface area (Å²) in [5.41, 5.74) is 0.514. The van der Waals surface area contributed by atoms with Gasteiger partial charge in [-0.15, -0.1) is 0 Å². The lowest BCUT2D eigenvalue weighted by molar-refractivity contribution is 0.186. The first-order chi connectivity index (χ1) is 8.65. The average molecular weight is 246 g/mol. The van der Waals surface area contributed by atoms with Gasteiger partial charge in [-0.25, -0.2) is 4.39 Å². The summed E-state index contributed by atoms with van der Waals surface area (Å²) in [6, 6.07) is 9.64. The second-order valence-corrected chi connectivity index (χ2v) is 5.02. The maximum absolute atomic E-state index is 13.1. The Kier molecular flexibility index (Phi) is 2.71. The summed E-state index contributed by atoms with van der Waals surface area (Å²) >= 11 is 0. The molecule has 18 heavy (non-hydrogen) atoms. The van der Waals surface area contributed by atoms with Crippen molar-refractivity contribution in [2.45, 2.75) is 25.4 Å². The molecule has 1 aromatic heterocycles. The van der Waals surface area contributed by atoms with Crippen LogP contribution in [0.2, 0.25) is 0 Å². The van der Waals surface area contributed by atoms with E-state index in [2.05, 4.69) is 6.92 Å².